The van der Waals surface area contributed by atoms with E-state index < -0.39 is 0 Å². The number of ether oxygens (including phenoxy) is 2. The first kappa shape index (κ1) is 21.4. The topological polar surface area (TPSA) is 68.9 Å². The zero-order valence-corrected chi connectivity index (χ0v) is 17.7. The zero-order valence-electron chi connectivity index (χ0n) is 14.6. The van der Waals surface area contributed by atoms with Crippen molar-refractivity contribution < 1.29 is 9.47 Å². The van der Waals surface area contributed by atoms with Crippen LogP contribution in [0.4, 0.5) is 5.69 Å². The first-order chi connectivity index (χ1) is 11.0. The predicted molar refractivity (Wildman–Crippen MR) is 114 cm³/mol. The largest absolute Gasteiger partial charge is 0.491 e. The number of aliphatic imine (C=N–C) groups is 1. The maximum atomic E-state index is 6.02. The van der Waals surface area contributed by atoms with Crippen LogP contribution in [0.3, 0.4) is 0 Å². The second-order valence-electron chi connectivity index (χ2n) is 6.02. The number of hydrogen-bond acceptors (Lipinski definition) is 4. The van der Waals surface area contributed by atoms with Crippen LogP contribution in [-0.2, 0) is 4.74 Å². The lowest BCUT2D eigenvalue weighted by Gasteiger charge is -2.34. The third-order valence-corrected chi connectivity index (χ3v) is 5.28. The van der Waals surface area contributed by atoms with Crippen molar-refractivity contribution in [1.82, 2.24) is 0 Å². The normalized spacial score (nSPS) is 17.2. The molecule has 1 fully saturated rings. The Hall–Kier alpha value is -0.670. The Morgan fingerprint density at radius 1 is 1.33 bits per heavy atom. The van der Waals surface area contributed by atoms with Crippen LogP contribution in [0, 0.1) is 0 Å². The fourth-order valence-electron chi connectivity index (χ4n) is 2.48. The van der Waals surface area contributed by atoms with E-state index in [-0.39, 0.29) is 34.8 Å². The molecule has 7 heteroatoms. The minimum absolute atomic E-state index is 0. The van der Waals surface area contributed by atoms with Gasteiger partial charge in [0.25, 0.3) is 0 Å². The lowest BCUT2D eigenvalue weighted by molar-refractivity contribution is 0.0794. The second kappa shape index (κ2) is 10.4. The summed E-state index contributed by atoms with van der Waals surface area (Å²) in [6.07, 6.45) is 4.35. The van der Waals surface area contributed by atoms with Gasteiger partial charge in [-0.3, -0.25) is 4.99 Å². The molecule has 136 valence electrons. The van der Waals surface area contributed by atoms with Gasteiger partial charge in [0.05, 0.1) is 12.6 Å². The molecule has 1 aromatic carbocycles. The Morgan fingerprint density at radius 2 is 1.96 bits per heavy atom. The highest BCUT2D eigenvalue weighted by molar-refractivity contribution is 14.0. The summed E-state index contributed by atoms with van der Waals surface area (Å²) < 4.78 is 11.2. The van der Waals surface area contributed by atoms with Gasteiger partial charge in [0.15, 0.2) is 5.96 Å². The molecule has 1 heterocycles. The van der Waals surface area contributed by atoms with Crippen LogP contribution >= 0.6 is 35.7 Å². The van der Waals surface area contributed by atoms with Gasteiger partial charge < -0.3 is 20.5 Å². The van der Waals surface area contributed by atoms with Gasteiger partial charge in [0.1, 0.15) is 5.75 Å². The van der Waals surface area contributed by atoms with Crippen LogP contribution in [0.15, 0.2) is 29.3 Å². The Bertz CT molecular complexity index is 517. The molecule has 24 heavy (non-hydrogen) atoms. The van der Waals surface area contributed by atoms with Crippen molar-refractivity contribution in [2.75, 3.05) is 31.3 Å². The molecule has 1 aromatic rings. The van der Waals surface area contributed by atoms with Gasteiger partial charge in [0.2, 0.25) is 0 Å². The lowest BCUT2D eigenvalue weighted by atomic mass is 9.99. The molecule has 0 atom stereocenters. The highest BCUT2D eigenvalue weighted by Gasteiger charge is 2.31. The molecule has 5 nitrogen and oxygen atoms in total. The molecule has 0 aliphatic carbocycles. The summed E-state index contributed by atoms with van der Waals surface area (Å²) in [5, 5.41) is 3.14. The van der Waals surface area contributed by atoms with Gasteiger partial charge >= 0.3 is 0 Å². The maximum Gasteiger partial charge on any atom is 0.193 e. The average molecular weight is 465 g/mol. The number of benzene rings is 1. The van der Waals surface area contributed by atoms with Crippen LogP contribution in [0.25, 0.3) is 0 Å². The molecule has 0 amide bonds. The fraction of sp³-hybridized carbons (Fsp3) is 0.588. The van der Waals surface area contributed by atoms with E-state index in [0.717, 1.165) is 37.5 Å². The van der Waals surface area contributed by atoms with Gasteiger partial charge in [-0.15, -0.1) is 24.0 Å². The third kappa shape index (κ3) is 6.68. The van der Waals surface area contributed by atoms with Crippen molar-refractivity contribution in [1.29, 1.82) is 0 Å². The van der Waals surface area contributed by atoms with Crippen molar-refractivity contribution >= 4 is 47.4 Å². The van der Waals surface area contributed by atoms with Crippen molar-refractivity contribution in [3.63, 3.8) is 0 Å². The first-order valence-corrected chi connectivity index (χ1v) is 9.22. The van der Waals surface area contributed by atoms with E-state index in [9.17, 15) is 0 Å². The van der Waals surface area contributed by atoms with Crippen LogP contribution in [0.5, 0.6) is 5.75 Å². The number of halogens is 1. The van der Waals surface area contributed by atoms with Crippen molar-refractivity contribution in [2.24, 2.45) is 10.7 Å². The number of thioether (sulfide) groups is 1. The van der Waals surface area contributed by atoms with Crippen LogP contribution < -0.4 is 15.8 Å². The molecule has 1 aliphatic heterocycles. The minimum atomic E-state index is 0. The zero-order chi connectivity index (χ0) is 16.7. The molecule has 1 saturated heterocycles. The Labute approximate surface area is 166 Å². The molecule has 3 N–H and O–H groups in total. The quantitative estimate of drug-likeness (QED) is 0.381. The molecular formula is C17H28IN3O2S. The number of nitrogens with zero attached hydrogens (tertiary/aromatic N) is 1. The van der Waals surface area contributed by atoms with E-state index >= 15 is 0 Å². The van der Waals surface area contributed by atoms with Crippen LogP contribution in [0.2, 0.25) is 0 Å². The highest BCUT2D eigenvalue weighted by Crippen LogP contribution is 2.34. The van der Waals surface area contributed by atoms with E-state index in [1.165, 1.54) is 0 Å². The van der Waals surface area contributed by atoms with E-state index in [0.29, 0.717) is 12.5 Å². The Kier molecular flexibility index (Phi) is 9.22. The smallest absolute Gasteiger partial charge is 0.193 e. The molecule has 0 unspecified atom stereocenters. The second-order valence-corrected chi connectivity index (χ2v) is 7.29. The van der Waals surface area contributed by atoms with E-state index in [2.05, 4.69) is 16.6 Å². The van der Waals surface area contributed by atoms with Gasteiger partial charge in [-0.05, 0) is 57.2 Å². The Morgan fingerprint density at radius 3 is 2.50 bits per heavy atom. The van der Waals surface area contributed by atoms with Crippen LogP contribution in [0.1, 0.15) is 26.7 Å². The van der Waals surface area contributed by atoms with Crippen molar-refractivity contribution in [3.8, 4) is 5.75 Å². The van der Waals surface area contributed by atoms with E-state index in [1.54, 1.807) is 0 Å². The summed E-state index contributed by atoms with van der Waals surface area (Å²) in [7, 11) is 0. The molecular weight excluding hydrogens is 437 g/mol. The third-order valence-electron chi connectivity index (χ3n) is 3.87. The molecule has 0 radical (unpaired) electrons. The van der Waals surface area contributed by atoms with Crippen molar-refractivity contribution in [2.45, 2.75) is 37.5 Å². The van der Waals surface area contributed by atoms with Gasteiger partial charge in [-0.25, -0.2) is 0 Å². The Balaban J connectivity index is 0.00000288. The van der Waals surface area contributed by atoms with Crippen molar-refractivity contribution in [3.05, 3.63) is 24.3 Å². The van der Waals surface area contributed by atoms with E-state index in [1.807, 2.05) is 49.9 Å². The predicted octanol–water partition coefficient (Wildman–Crippen LogP) is 3.73. The van der Waals surface area contributed by atoms with E-state index in [4.69, 9.17) is 15.2 Å². The summed E-state index contributed by atoms with van der Waals surface area (Å²) in [5.74, 6) is 1.30. The molecule has 0 spiro atoms. The molecule has 0 aromatic heterocycles. The number of rotatable bonds is 6. The monoisotopic (exact) mass is 465 g/mol. The minimum Gasteiger partial charge on any atom is -0.491 e. The molecule has 0 saturated carbocycles. The summed E-state index contributed by atoms with van der Waals surface area (Å²) in [6.45, 7) is 6.34. The first-order valence-electron chi connectivity index (χ1n) is 7.99. The SMILES string of the molecule is CSC1(CN=C(N)Nc2ccc(OC(C)C)cc2)CCOCC1.I. The summed E-state index contributed by atoms with van der Waals surface area (Å²) in [4.78, 5) is 4.53. The number of anilines is 1. The van der Waals surface area contributed by atoms with Gasteiger partial charge in [0, 0.05) is 23.6 Å². The number of hydrogen-bond donors (Lipinski definition) is 2. The summed E-state index contributed by atoms with van der Waals surface area (Å²) in [6, 6.07) is 7.74. The number of guanidine groups is 1. The maximum absolute atomic E-state index is 6.02. The van der Waals surface area contributed by atoms with Gasteiger partial charge in [-0.1, -0.05) is 0 Å². The highest BCUT2D eigenvalue weighted by atomic mass is 127. The molecule has 2 rings (SSSR count). The number of nitrogens with two attached hydrogens (primary N) is 1. The number of nitrogens with one attached hydrogen (secondary N) is 1. The average Bonchev–Trinajstić information content (AvgIpc) is 2.55. The fourth-order valence-corrected chi connectivity index (χ4v) is 3.24. The molecule has 1 aliphatic rings. The standard InChI is InChI=1S/C17H27N3O2S.HI/c1-13(2)22-15-6-4-14(5-7-15)20-16(18)19-12-17(23-3)8-10-21-11-9-17;/h4-7,13H,8-12H2,1-3H3,(H3,18,19,20);1H. The summed E-state index contributed by atoms with van der Waals surface area (Å²) in [5.41, 5.74) is 6.93. The molecule has 0 bridgehead atoms. The summed E-state index contributed by atoms with van der Waals surface area (Å²) >= 11 is 1.86. The van der Waals surface area contributed by atoms with Gasteiger partial charge in [-0.2, -0.15) is 11.8 Å². The van der Waals surface area contributed by atoms with Crippen LogP contribution in [-0.4, -0.2) is 42.8 Å². The lowest BCUT2D eigenvalue weighted by Crippen LogP contribution is -2.37.